The molecule has 1 fully saturated rings. The molecule has 2 nitrogen and oxygen atoms in total. The average Bonchev–Trinajstić information content (AvgIpc) is 1.84. The van der Waals surface area contributed by atoms with E-state index in [0.29, 0.717) is 0 Å². The Kier molecular flexibility index (Phi) is 3.76. The smallest absolute Gasteiger partial charge is 0.0700 e. The van der Waals surface area contributed by atoms with Crippen LogP contribution in [0.4, 0.5) is 0 Å². The molecule has 1 saturated carbocycles. The molecule has 0 bridgehead atoms. The molecule has 1 aliphatic carbocycles. The van der Waals surface area contributed by atoms with Crippen LogP contribution in [0, 0.1) is 5.92 Å². The van der Waals surface area contributed by atoms with Gasteiger partial charge >= 0.3 is 0 Å². The van der Waals surface area contributed by atoms with Crippen molar-refractivity contribution in [1.82, 2.24) is 0 Å². The van der Waals surface area contributed by atoms with Crippen LogP contribution in [0.15, 0.2) is 0 Å². The minimum atomic E-state index is 0.729. The van der Waals surface area contributed by atoms with Gasteiger partial charge in [-0.1, -0.05) is 6.42 Å². The molecule has 1 aliphatic rings. The van der Waals surface area contributed by atoms with Crippen LogP contribution >= 0.6 is 0 Å². The summed E-state index contributed by atoms with van der Waals surface area (Å²) in [4.78, 5) is 0. The molecular weight excluding hydrogens is 128 g/mol. The first-order valence-electron chi connectivity index (χ1n) is 4.00. The van der Waals surface area contributed by atoms with Gasteiger partial charge in [0.1, 0.15) is 0 Å². The Hall–Kier alpha value is -0.0800. The van der Waals surface area contributed by atoms with E-state index in [1.807, 2.05) is 0 Å². The van der Waals surface area contributed by atoms with E-state index in [1.54, 1.807) is 7.11 Å². The third-order valence-corrected chi connectivity index (χ3v) is 2.01. The molecule has 0 N–H and O–H groups in total. The Balaban J connectivity index is 1.76. The van der Waals surface area contributed by atoms with Crippen LogP contribution in [0.5, 0.6) is 0 Å². The highest BCUT2D eigenvalue weighted by molar-refractivity contribution is 4.68. The maximum atomic E-state index is 5.35. The standard InChI is InChI=1S/C8H16O2/c1-9-5-6-10-7-8-3-2-4-8/h8H,2-7H2,1H3. The van der Waals surface area contributed by atoms with Crippen LogP contribution < -0.4 is 0 Å². The van der Waals surface area contributed by atoms with Crippen molar-refractivity contribution in [2.75, 3.05) is 26.9 Å². The van der Waals surface area contributed by atoms with E-state index in [1.165, 1.54) is 19.3 Å². The molecule has 0 unspecified atom stereocenters. The van der Waals surface area contributed by atoms with E-state index in [9.17, 15) is 0 Å². The first-order valence-corrected chi connectivity index (χ1v) is 4.00. The van der Waals surface area contributed by atoms with Gasteiger partial charge in [0.2, 0.25) is 0 Å². The van der Waals surface area contributed by atoms with Crippen molar-refractivity contribution in [2.24, 2.45) is 5.92 Å². The van der Waals surface area contributed by atoms with Crippen molar-refractivity contribution in [3.05, 3.63) is 0 Å². The normalized spacial score (nSPS) is 18.9. The SMILES string of the molecule is COCCOCC1CCC1. The van der Waals surface area contributed by atoms with Crippen LogP contribution in [0.1, 0.15) is 19.3 Å². The summed E-state index contributed by atoms with van der Waals surface area (Å²) < 4.78 is 10.2. The minimum Gasteiger partial charge on any atom is -0.382 e. The molecule has 0 aromatic carbocycles. The van der Waals surface area contributed by atoms with E-state index in [2.05, 4.69) is 0 Å². The van der Waals surface area contributed by atoms with Gasteiger partial charge < -0.3 is 9.47 Å². The lowest BCUT2D eigenvalue weighted by Crippen LogP contribution is -2.18. The van der Waals surface area contributed by atoms with E-state index in [-0.39, 0.29) is 0 Å². The van der Waals surface area contributed by atoms with Crippen LogP contribution in [0.25, 0.3) is 0 Å². The average molecular weight is 144 g/mol. The highest BCUT2D eigenvalue weighted by Crippen LogP contribution is 2.25. The summed E-state index contributed by atoms with van der Waals surface area (Å²) in [7, 11) is 1.70. The van der Waals surface area contributed by atoms with Gasteiger partial charge in [0.05, 0.1) is 13.2 Å². The van der Waals surface area contributed by atoms with Crippen LogP contribution in [-0.4, -0.2) is 26.9 Å². The second kappa shape index (κ2) is 4.69. The maximum Gasteiger partial charge on any atom is 0.0700 e. The topological polar surface area (TPSA) is 18.5 Å². The summed E-state index contributed by atoms with van der Waals surface area (Å²) in [5.74, 6) is 0.858. The van der Waals surface area contributed by atoms with Crippen LogP contribution in [-0.2, 0) is 9.47 Å². The molecule has 2 heteroatoms. The van der Waals surface area contributed by atoms with Gasteiger partial charge in [-0.15, -0.1) is 0 Å². The van der Waals surface area contributed by atoms with E-state index < -0.39 is 0 Å². The van der Waals surface area contributed by atoms with Crippen molar-refractivity contribution >= 4 is 0 Å². The van der Waals surface area contributed by atoms with Crippen LogP contribution in [0.2, 0.25) is 0 Å². The van der Waals surface area contributed by atoms with E-state index in [0.717, 1.165) is 25.7 Å². The molecule has 60 valence electrons. The predicted molar refractivity (Wildman–Crippen MR) is 40.0 cm³/mol. The van der Waals surface area contributed by atoms with Gasteiger partial charge in [-0.3, -0.25) is 0 Å². The second-order valence-corrected chi connectivity index (χ2v) is 2.86. The van der Waals surface area contributed by atoms with Crippen molar-refractivity contribution in [3.8, 4) is 0 Å². The second-order valence-electron chi connectivity index (χ2n) is 2.86. The molecule has 0 aliphatic heterocycles. The molecule has 0 radical (unpaired) electrons. The van der Waals surface area contributed by atoms with Gasteiger partial charge in [0.15, 0.2) is 0 Å². The van der Waals surface area contributed by atoms with Crippen molar-refractivity contribution in [1.29, 1.82) is 0 Å². The first-order chi connectivity index (χ1) is 4.93. The van der Waals surface area contributed by atoms with E-state index in [4.69, 9.17) is 9.47 Å². The number of hydrogen-bond donors (Lipinski definition) is 0. The minimum absolute atomic E-state index is 0.729. The highest BCUT2D eigenvalue weighted by Gasteiger charge is 2.16. The summed E-state index contributed by atoms with van der Waals surface area (Å²) in [6.45, 7) is 2.43. The quantitative estimate of drug-likeness (QED) is 0.544. The number of methoxy groups -OCH3 is 1. The molecule has 0 aromatic rings. The van der Waals surface area contributed by atoms with Gasteiger partial charge in [0.25, 0.3) is 0 Å². The third kappa shape index (κ3) is 2.67. The lowest BCUT2D eigenvalue weighted by atomic mass is 9.86. The van der Waals surface area contributed by atoms with Gasteiger partial charge in [-0.2, -0.15) is 0 Å². The molecule has 0 spiro atoms. The summed E-state index contributed by atoms with van der Waals surface area (Å²) in [6.07, 6.45) is 4.14. The van der Waals surface area contributed by atoms with Crippen molar-refractivity contribution < 1.29 is 9.47 Å². The summed E-state index contributed by atoms with van der Waals surface area (Å²) >= 11 is 0. The fraction of sp³-hybridized carbons (Fsp3) is 1.00. The molecule has 0 saturated heterocycles. The zero-order valence-electron chi connectivity index (χ0n) is 6.64. The molecule has 10 heavy (non-hydrogen) atoms. The molecular formula is C8H16O2. The Morgan fingerprint density at radius 2 is 2.10 bits per heavy atom. The zero-order chi connectivity index (χ0) is 7.23. The van der Waals surface area contributed by atoms with Gasteiger partial charge in [-0.25, -0.2) is 0 Å². The largest absolute Gasteiger partial charge is 0.382 e. The number of hydrogen-bond acceptors (Lipinski definition) is 2. The third-order valence-electron chi connectivity index (χ3n) is 2.01. The molecule has 0 amide bonds. The van der Waals surface area contributed by atoms with E-state index >= 15 is 0 Å². The maximum absolute atomic E-state index is 5.35. The molecule has 0 heterocycles. The van der Waals surface area contributed by atoms with Crippen LogP contribution in [0.3, 0.4) is 0 Å². The molecule has 0 aromatic heterocycles. The fourth-order valence-electron chi connectivity index (χ4n) is 1.05. The Labute approximate surface area is 62.5 Å². The van der Waals surface area contributed by atoms with Crippen molar-refractivity contribution in [3.63, 3.8) is 0 Å². The zero-order valence-corrected chi connectivity index (χ0v) is 6.64. The number of ether oxygens (including phenoxy) is 2. The summed E-state index contributed by atoms with van der Waals surface area (Å²) in [5.41, 5.74) is 0. The number of rotatable bonds is 5. The molecule has 0 atom stereocenters. The van der Waals surface area contributed by atoms with Crippen molar-refractivity contribution in [2.45, 2.75) is 19.3 Å². The van der Waals surface area contributed by atoms with Gasteiger partial charge in [-0.05, 0) is 18.8 Å². The predicted octanol–water partition coefficient (Wildman–Crippen LogP) is 1.45. The summed E-state index contributed by atoms with van der Waals surface area (Å²) in [6, 6.07) is 0. The molecule has 1 rings (SSSR count). The summed E-state index contributed by atoms with van der Waals surface area (Å²) in [5, 5.41) is 0. The monoisotopic (exact) mass is 144 g/mol. The fourth-order valence-corrected chi connectivity index (χ4v) is 1.05. The van der Waals surface area contributed by atoms with Gasteiger partial charge in [0, 0.05) is 13.7 Å². The lowest BCUT2D eigenvalue weighted by Gasteiger charge is -2.24. The Morgan fingerprint density at radius 1 is 1.30 bits per heavy atom. The Morgan fingerprint density at radius 3 is 2.60 bits per heavy atom. The first kappa shape index (κ1) is 8.02. The lowest BCUT2D eigenvalue weighted by molar-refractivity contribution is 0.0345. The Bertz CT molecular complexity index is 79.3. The highest BCUT2D eigenvalue weighted by atomic mass is 16.5.